The van der Waals surface area contributed by atoms with Crippen molar-refractivity contribution in [2.45, 2.75) is 18.0 Å². The molecule has 0 saturated heterocycles. The highest BCUT2D eigenvalue weighted by molar-refractivity contribution is 7.90. The van der Waals surface area contributed by atoms with Gasteiger partial charge in [0.25, 0.3) is 0 Å². The Balaban J connectivity index is 0.00000261. The van der Waals surface area contributed by atoms with Gasteiger partial charge in [-0.2, -0.15) is 0 Å². The van der Waals surface area contributed by atoms with E-state index < -0.39 is 9.84 Å². The number of halogens is 1. The van der Waals surface area contributed by atoms with E-state index >= 15 is 0 Å². The molecular weight excluding hydrogens is 382 g/mol. The first-order chi connectivity index (χ1) is 12.5. The summed E-state index contributed by atoms with van der Waals surface area (Å²) in [6, 6.07) is 22.5. The molecule has 0 heterocycles. The number of sulfone groups is 1. The fourth-order valence-corrected chi connectivity index (χ4v) is 3.35. The zero-order chi connectivity index (χ0) is 18.6. The number of nitrogens with two attached hydrogens (primary N) is 1. The van der Waals surface area contributed by atoms with Crippen LogP contribution < -0.4 is 10.5 Å². The molecule has 0 aliphatic carbocycles. The third-order valence-electron chi connectivity index (χ3n) is 4.09. The van der Waals surface area contributed by atoms with E-state index in [-0.39, 0.29) is 17.3 Å². The van der Waals surface area contributed by atoms with E-state index in [1.165, 1.54) is 6.26 Å². The number of hydrogen-bond donors (Lipinski definition) is 1. The minimum Gasteiger partial charge on any atom is -0.488 e. The number of rotatable bonds is 6. The summed E-state index contributed by atoms with van der Waals surface area (Å²) < 4.78 is 29.8. The van der Waals surface area contributed by atoms with Gasteiger partial charge in [0.1, 0.15) is 12.4 Å². The van der Waals surface area contributed by atoms with Crippen LogP contribution in [0.4, 0.5) is 0 Å². The molecule has 6 heteroatoms. The summed E-state index contributed by atoms with van der Waals surface area (Å²) in [4.78, 5) is 0.284. The minimum absolute atomic E-state index is 0. The third-order valence-corrected chi connectivity index (χ3v) is 5.20. The first-order valence-electron chi connectivity index (χ1n) is 8.27. The lowest BCUT2D eigenvalue weighted by Crippen LogP contribution is -2.01. The van der Waals surface area contributed by atoms with Crippen molar-refractivity contribution in [1.82, 2.24) is 0 Å². The third kappa shape index (κ3) is 5.32. The van der Waals surface area contributed by atoms with E-state index in [0.717, 1.165) is 22.3 Å². The molecule has 3 rings (SSSR count). The molecule has 0 saturated carbocycles. The average Bonchev–Trinajstić information content (AvgIpc) is 2.66. The van der Waals surface area contributed by atoms with Crippen LogP contribution in [-0.2, 0) is 23.0 Å². The molecule has 2 N–H and O–H groups in total. The second-order valence-corrected chi connectivity index (χ2v) is 8.12. The first kappa shape index (κ1) is 21.0. The maximum Gasteiger partial charge on any atom is 0.175 e. The molecule has 4 nitrogen and oxygen atoms in total. The molecule has 0 spiro atoms. The van der Waals surface area contributed by atoms with Gasteiger partial charge < -0.3 is 10.5 Å². The second-order valence-electron chi connectivity index (χ2n) is 6.11. The Labute approximate surface area is 166 Å². The smallest absolute Gasteiger partial charge is 0.175 e. The van der Waals surface area contributed by atoms with Crippen molar-refractivity contribution in [1.29, 1.82) is 0 Å². The van der Waals surface area contributed by atoms with Crippen LogP contribution in [0.25, 0.3) is 11.1 Å². The van der Waals surface area contributed by atoms with E-state index in [4.69, 9.17) is 10.5 Å². The molecule has 0 radical (unpaired) electrons. The fraction of sp³-hybridized carbons (Fsp3) is 0.143. The van der Waals surface area contributed by atoms with Gasteiger partial charge in [0, 0.05) is 18.4 Å². The molecule has 0 aromatic heterocycles. The fourth-order valence-electron chi connectivity index (χ4n) is 2.68. The Morgan fingerprint density at radius 2 is 1.63 bits per heavy atom. The van der Waals surface area contributed by atoms with Gasteiger partial charge in [0.05, 0.1) is 4.90 Å². The SMILES string of the molecule is CS(=O)(=O)c1cccc(-c2ccc(CN)cc2OCc2ccccc2)c1.Cl. The van der Waals surface area contributed by atoms with Crippen molar-refractivity contribution < 1.29 is 13.2 Å². The summed E-state index contributed by atoms with van der Waals surface area (Å²) >= 11 is 0. The Morgan fingerprint density at radius 1 is 0.889 bits per heavy atom. The molecule has 0 aliphatic heterocycles. The van der Waals surface area contributed by atoms with E-state index in [1.54, 1.807) is 18.2 Å². The largest absolute Gasteiger partial charge is 0.488 e. The standard InChI is InChI=1S/C21H21NO3S.ClH/c1-26(23,24)19-9-5-8-18(13-19)20-11-10-17(14-22)12-21(20)25-15-16-6-3-2-4-7-16;/h2-13H,14-15,22H2,1H3;1H. The van der Waals surface area contributed by atoms with Gasteiger partial charge in [-0.1, -0.05) is 54.6 Å². The van der Waals surface area contributed by atoms with Crippen molar-refractivity contribution in [3.63, 3.8) is 0 Å². The maximum absolute atomic E-state index is 11.9. The summed E-state index contributed by atoms with van der Waals surface area (Å²) in [7, 11) is -3.28. The molecule has 27 heavy (non-hydrogen) atoms. The normalized spacial score (nSPS) is 10.9. The molecule has 3 aromatic rings. The van der Waals surface area contributed by atoms with Crippen LogP contribution >= 0.6 is 12.4 Å². The quantitative estimate of drug-likeness (QED) is 0.669. The Morgan fingerprint density at radius 3 is 2.30 bits per heavy atom. The predicted octanol–water partition coefficient (Wildman–Crippen LogP) is 4.22. The summed E-state index contributed by atoms with van der Waals surface area (Å²) in [5.74, 6) is 0.683. The van der Waals surface area contributed by atoms with Crippen molar-refractivity contribution in [2.75, 3.05) is 6.26 Å². The molecular formula is C21H22ClNO3S. The average molecular weight is 404 g/mol. The van der Waals surface area contributed by atoms with Gasteiger partial charge in [-0.3, -0.25) is 0 Å². The Bertz CT molecular complexity index is 1000. The molecule has 0 amide bonds. The number of benzene rings is 3. The highest BCUT2D eigenvalue weighted by Gasteiger charge is 2.12. The molecule has 0 atom stereocenters. The minimum atomic E-state index is -3.28. The van der Waals surface area contributed by atoms with Crippen LogP contribution in [0.3, 0.4) is 0 Å². The van der Waals surface area contributed by atoms with E-state index in [1.807, 2.05) is 54.6 Å². The van der Waals surface area contributed by atoms with Gasteiger partial charge in [-0.25, -0.2) is 8.42 Å². The van der Waals surface area contributed by atoms with Crippen LogP contribution in [0.15, 0.2) is 77.7 Å². The zero-order valence-corrected chi connectivity index (χ0v) is 16.6. The molecule has 0 bridgehead atoms. The summed E-state index contributed by atoms with van der Waals surface area (Å²) in [6.45, 7) is 0.832. The molecule has 142 valence electrons. The molecule has 0 fully saturated rings. The summed E-state index contributed by atoms with van der Waals surface area (Å²) in [5, 5.41) is 0. The molecule has 0 aliphatic rings. The highest BCUT2D eigenvalue weighted by atomic mass is 35.5. The lowest BCUT2D eigenvalue weighted by Gasteiger charge is -2.14. The van der Waals surface area contributed by atoms with Crippen LogP contribution in [0.1, 0.15) is 11.1 Å². The second kappa shape index (κ2) is 9.04. The summed E-state index contributed by atoms with van der Waals surface area (Å²) in [6.07, 6.45) is 1.20. The van der Waals surface area contributed by atoms with Crippen molar-refractivity contribution >= 4 is 22.2 Å². The van der Waals surface area contributed by atoms with Crippen LogP contribution in [0.5, 0.6) is 5.75 Å². The molecule has 3 aromatic carbocycles. The lowest BCUT2D eigenvalue weighted by atomic mass is 10.0. The van der Waals surface area contributed by atoms with Crippen LogP contribution in [0, 0.1) is 0 Å². The van der Waals surface area contributed by atoms with E-state index in [9.17, 15) is 8.42 Å². The highest BCUT2D eigenvalue weighted by Crippen LogP contribution is 2.33. The lowest BCUT2D eigenvalue weighted by molar-refractivity contribution is 0.307. The summed E-state index contributed by atoms with van der Waals surface area (Å²) in [5.41, 5.74) is 9.40. The number of ether oxygens (including phenoxy) is 1. The van der Waals surface area contributed by atoms with Gasteiger partial charge in [0.2, 0.25) is 0 Å². The van der Waals surface area contributed by atoms with Gasteiger partial charge >= 0.3 is 0 Å². The van der Waals surface area contributed by atoms with Crippen molar-refractivity contribution in [3.05, 3.63) is 83.9 Å². The monoisotopic (exact) mass is 403 g/mol. The Kier molecular flexibility index (Phi) is 7.02. The van der Waals surface area contributed by atoms with Crippen molar-refractivity contribution in [2.24, 2.45) is 5.73 Å². The van der Waals surface area contributed by atoms with Gasteiger partial charge in [0.15, 0.2) is 9.84 Å². The van der Waals surface area contributed by atoms with E-state index in [2.05, 4.69) is 0 Å². The van der Waals surface area contributed by atoms with Gasteiger partial charge in [-0.15, -0.1) is 12.4 Å². The molecule has 0 unspecified atom stereocenters. The zero-order valence-electron chi connectivity index (χ0n) is 15.0. The topological polar surface area (TPSA) is 69.4 Å². The predicted molar refractivity (Wildman–Crippen MR) is 111 cm³/mol. The van der Waals surface area contributed by atoms with Crippen LogP contribution in [0.2, 0.25) is 0 Å². The Hall–Kier alpha value is -2.34. The first-order valence-corrected chi connectivity index (χ1v) is 10.2. The van der Waals surface area contributed by atoms with Crippen molar-refractivity contribution in [3.8, 4) is 16.9 Å². The number of hydrogen-bond acceptors (Lipinski definition) is 4. The maximum atomic E-state index is 11.9. The van der Waals surface area contributed by atoms with Gasteiger partial charge in [-0.05, 0) is 34.9 Å². The van der Waals surface area contributed by atoms with E-state index in [0.29, 0.717) is 18.9 Å². The van der Waals surface area contributed by atoms with Crippen LogP contribution in [-0.4, -0.2) is 14.7 Å².